The molecule has 1 heterocycles. The van der Waals surface area contributed by atoms with E-state index < -0.39 is 5.82 Å². The van der Waals surface area contributed by atoms with E-state index in [0.29, 0.717) is 0 Å². The summed E-state index contributed by atoms with van der Waals surface area (Å²) in [5.41, 5.74) is 5.65. The van der Waals surface area contributed by atoms with E-state index in [1.165, 1.54) is 24.4 Å². The molecule has 0 aliphatic heterocycles. The van der Waals surface area contributed by atoms with Crippen molar-refractivity contribution < 1.29 is 4.39 Å². The van der Waals surface area contributed by atoms with Crippen molar-refractivity contribution in [1.29, 1.82) is 0 Å². The van der Waals surface area contributed by atoms with Crippen molar-refractivity contribution in [2.24, 2.45) is 0 Å². The van der Waals surface area contributed by atoms with Crippen LogP contribution in [0.5, 0.6) is 0 Å². The third-order valence-corrected chi connectivity index (χ3v) is 2.18. The minimum Gasteiger partial charge on any atom is -0.384 e. The number of nitrogen functional groups attached to an aromatic ring is 1. The van der Waals surface area contributed by atoms with E-state index in [4.69, 9.17) is 17.3 Å². The van der Waals surface area contributed by atoms with Gasteiger partial charge in [-0.05, 0) is 18.2 Å². The minimum atomic E-state index is -0.465. The molecule has 0 bridgehead atoms. The van der Waals surface area contributed by atoms with Crippen LogP contribution in [-0.4, -0.2) is 9.97 Å². The zero-order chi connectivity index (χ0) is 10.8. The summed E-state index contributed by atoms with van der Waals surface area (Å²) < 4.78 is 13.5. The molecule has 2 rings (SSSR count). The highest BCUT2D eigenvalue weighted by molar-refractivity contribution is 6.33. The first-order valence-electron chi connectivity index (χ1n) is 4.21. The van der Waals surface area contributed by atoms with Gasteiger partial charge in [0.1, 0.15) is 11.6 Å². The smallest absolute Gasteiger partial charge is 0.165 e. The second-order valence-electron chi connectivity index (χ2n) is 2.90. The fourth-order valence-electron chi connectivity index (χ4n) is 1.20. The van der Waals surface area contributed by atoms with Crippen LogP contribution in [0, 0.1) is 5.82 Å². The van der Waals surface area contributed by atoms with Crippen molar-refractivity contribution in [2.75, 3.05) is 5.73 Å². The molecule has 0 radical (unpaired) electrons. The van der Waals surface area contributed by atoms with Crippen molar-refractivity contribution in [3.63, 3.8) is 0 Å². The number of rotatable bonds is 1. The van der Waals surface area contributed by atoms with Crippen molar-refractivity contribution in [2.45, 2.75) is 0 Å². The monoisotopic (exact) mass is 223 g/mol. The summed E-state index contributed by atoms with van der Waals surface area (Å²) >= 11 is 5.86. The first-order chi connectivity index (χ1) is 7.18. The van der Waals surface area contributed by atoms with E-state index in [1.54, 1.807) is 6.07 Å². The van der Waals surface area contributed by atoms with Crippen LogP contribution in [0.1, 0.15) is 0 Å². The number of nitrogens with zero attached hydrogens (tertiary/aromatic N) is 2. The highest BCUT2D eigenvalue weighted by Crippen LogP contribution is 2.27. The number of hydrogen-bond acceptors (Lipinski definition) is 3. The number of halogens is 2. The van der Waals surface area contributed by atoms with E-state index in [1.807, 2.05) is 0 Å². The third-order valence-electron chi connectivity index (χ3n) is 1.86. The Kier molecular flexibility index (Phi) is 2.51. The maximum absolute atomic E-state index is 13.5. The molecule has 0 spiro atoms. The summed E-state index contributed by atoms with van der Waals surface area (Å²) in [4.78, 5) is 7.82. The van der Waals surface area contributed by atoms with Gasteiger partial charge in [0.2, 0.25) is 0 Å². The van der Waals surface area contributed by atoms with Gasteiger partial charge in [0.25, 0.3) is 0 Å². The number of benzene rings is 1. The normalized spacial score (nSPS) is 10.3. The lowest BCUT2D eigenvalue weighted by molar-refractivity contribution is 0.630. The first-order valence-corrected chi connectivity index (χ1v) is 4.59. The zero-order valence-corrected chi connectivity index (χ0v) is 8.37. The van der Waals surface area contributed by atoms with Crippen LogP contribution in [-0.2, 0) is 0 Å². The molecule has 3 nitrogen and oxygen atoms in total. The summed E-state index contributed by atoms with van der Waals surface area (Å²) in [6, 6.07) is 5.92. The molecule has 0 amide bonds. The molecule has 2 N–H and O–H groups in total. The van der Waals surface area contributed by atoms with Gasteiger partial charge in [-0.25, -0.2) is 14.4 Å². The van der Waals surface area contributed by atoms with Crippen molar-refractivity contribution in [3.8, 4) is 11.4 Å². The predicted octanol–water partition coefficient (Wildman–Crippen LogP) is 2.52. The molecule has 2 aromatic rings. The lowest BCUT2D eigenvalue weighted by Gasteiger charge is -2.04. The molecular weight excluding hydrogens is 217 g/mol. The zero-order valence-electron chi connectivity index (χ0n) is 7.61. The topological polar surface area (TPSA) is 51.8 Å². The maximum atomic E-state index is 13.5. The minimum absolute atomic E-state index is 0.173. The Morgan fingerprint density at radius 2 is 2.07 bits per heavy atom. The Labute approximate surface area is 90.7 Å². The lowest BCUT2D eigenvalue weighted by Crippen LogP contribution is -1.96. The van der Waals surface area contributed by atoms with E-state index in [-0.39, 0.29) is 22.2 Å². The van der Waals surface area contributed by atoms with E-state index in [0.717, 1.165) is 0 Å². The summed E-state index contributed by atoms with van der Waals surface area (Å²) in [5, 5.41) is 0.264. The maximum Gasteiger partial charge on any atom is 0.165 e. The van der Waals surface area contributed by atoms with E-state index in [9.17, 15) is 4.39 Å². The molecule has 5 heteroatoms. The van der Waals surface area contributed by atoms with Crippen LogP contribution >= 0.6 is 11.6 Å². The molecule has 0 unspecified atom stereocenters. The van der Waals surface area contributed by atoms with Crippen LogP contribution in [0.3, 0.4) is 0 Å². The van der Waals surface area contributed by atoms with Gasteiger partial charge >= 0.3 is 0 Å². The van der Waals surface area contributed by atoms with Gasteiger partial charge in [-0.2, -0.15) is 0 Å². The number of aromatic nitrogens is 2. The number of nitrogens with two attached hydrogens (primary N) is 1. The van der Waals surface area contributed by atoms with Gasteiger partial charge in [0, 0.05) is 6.20 Å². The second-order valence-corrected chi connectivity index (χ2v) is 3.31. The van der Waals surface area contributed by atoms with Gasteiger partial charge in [-0.3, -0.25) is 0 Å². The molecule has 0 atom stereocenters. The summed E-state index contributed by atoms with van der Waals surface area (Å²) in [6.45, 7) is 0. The quantitative estimate of drug-likeness (QED) is 0.808. The van der Waals surface area contributed by atoms with Crippen LogP contribution < -0.4 is 5.73 Å². The fourth-order valence-corrected chi connectivity index (χ4v) is 1.45. The standard InChI is InChI=1S/C10H7ClFN3/c11-6-2-1-3-7(12)9(6)10-14-5-4-8(13)15-10/h1-5H,(H2,13,14,15). The summed E-state index contributed by atoms with van der Waals surface area (Å²) in [5.74, 6) is 0.00511. The van der Waals surface area contributed by atoms with Crippen molar-refractivity contribution in [1.82, 2.24) is 9.97 Å². The highest BCUT2D eigenvalue weighted by Gasteiger charge is 2.11. The van der Waals surface area contributed by atoms with Crippen LogP contribution in [0.25, 0.3) is 11.4 Å². The van der Waals surface area contributed by atoms with Crippen molar-refractivity contribution in [3.05, 3.63) is 41.3 Å². The average Bonchev–Trinajstić information content (AvgIpc) is 2.17. The molecule has 0 saturated carbocycles. The summed E-state index contributed by atoms with van der Waals surface area (Å²) in [6.07, 6.45) is 1.46. The molecule has 76 valence electrons. The Morgan fingerprint density at radius 1 is 1.27 bits per heavy atom. The largest absolute Gasteiger partial charge is 0.384 e. The third kappa shape index (κ3) is 1.89. The van der Waals surface area contributed by atoms with Crippen molar-refractivity contribution >= 4 is 17.4 Å². The van der Waals surface area contributed by atoms with Crippen LogP contribution in [0.15, 0.2) is 30.5 Å². The molecule has 0 fully saturated rings. The van der Waals surface area contributed by atoms with E-state index >= 15 is 0 Å². The van der Waals surface area contributed by atoms with Gasteiger partial charge in [0.15, 0.2) is 5.82 Å². The Hall–Kier alpha value is -1.68. The average molecular weight is 224 g/mol. The number of anilines is 1. The Morgan fingerprint density at radius 3 is 2.73 bits per heavy atom. The molecule has 0 aliphatic rings. The first kappa shape index (κ1) is 9.86. The fraction of sp³-hybridized carbons (Fsp3) is 0. The highest BCUT2D eigenvalue weighted by atomic mass is 35.5. The summed E-state index contributed by atoms with van der Waals surface area (Å²) in [7, 11) is 0. The molecular formula is C10H7ClFN3. The SMILES string of the molecule is Nc1ccnc(-c2c(F)cccc2Cl)n1. The number of hydrogen-bond donors (Lipinski definition) is 1. The molecule has 15 heavy (non-hydrogen) atoms. The Balaban J connectivity index is 2.63. The second kappa shape index (κ2) is 3.82. The predicted molar refractivity (Wildman–Crippen MR) is 56.8 cm³/mol. The molecule has 1 aromatic heterocycles. The Bertz CT molecular complexity index is 482. The van der Waals surface area contributed by atoms with Crippen LogP contribution in [0.4, 0.5) is 10.2 Å². The van der Waals surface area contributed by atoms with Gasteiger partial charge in [-0.15, -0.1) is 0 Å². The molecule has 1 aromatic carbocycles. The van der Waals surface area contributed by atoms with Gasteiger partial charge in [-0.1, -0.05) is 17.7 Å². The lowest BCUT2D eigenvalue weighted by atomic mass is 10.2. The van der Waals surface area contributed by atoms with Gasteiger partial charge in [0.05, 0.1) is 10.6 Å². The molecule has 0 saturated heterocycles. The van der Waals surface area contributed by atoms with Crippen LogP contribution in [0.2, 0.25) is 5.02 Å². The molecule has 0 aliphatic carbocycles. The van der Waals surface area contributed by atoms with Gasteiger partial charge < -0.3 is 5.73 Å². The van der Waals surface area contributed by atoms with E-state index in [2.05, 4.69) is 9.97 Å².